The van der Waals surface area contributed by atoms with Crippen molar-refractivity contribution in [2.45, 2.75) is 0 Å². The molecule has 7 aromatic rings. The molecule has 2 aliphatic heterocycles. The van der Waals surface area contributed by atoms with E-state index in [2.05, 4.69) is 131 Å². The van der Waals surface area contributed by atoms with E-state index >= 15 is 0 Å². The Bertz CT molecular complexity index is 2440. The van der Waals surface area contributed by atoms with E-state index < -0.39 is 0 Å². The summed E-state index contributed by atoms with van der Waals surface area (Å²) in [5.74, 6) is 0.221. The molecule has 0 atom stereocenters. The molecular formula is C44H30N4O. The van der Waals surface area contributed by atoms with Crippen molar-refractivity contribution in [1.82, 2.24) is 19.9 Å². The molecule has 2 aliphatic rings. The Hall–Kier alpha value is -6.72. The minimum absolute atomic E-state index is 0.221. The minimum atomic E-state index is 0.221. The number of aromatic nitrogens is 4. The highest BCUT2D eigenvalue weighted by molar-refractivity contribution is 6.00. The predicted molar refractivity (Wildman–Crippen MR) is 202 cm³/mol. The average Bonchev–Trinajstić information content (AvgIpc) is 3.98. The number of phenols is 1. The van der Waals surface area contributed by atoms with Gasteiger partial charge in [0.2, 0.25) is 0 Å². The molecule has 4 aromatic carbocycles. The fourth-order valence-electron chi connectivity index (χ4n) is 6.86. The number of fused-ring (bicyclic) bond motifs is 8. The standard InChI is InChI=1S/C44H30N4O/c49-32-18-16-31(17-19-32)44-39-26-24-37(47-39)42(29-12-6-2-7-13-29)35-22-20-33(45-35)41(28-10-4-1-5-11-28)34-21-23-36(46-34)43(30-14-8-3-9-15-30)38-25-27-40(44)48-38/h1-27,47-49H. The van der Waals surface area contributed by atoms with Crippen molar-refractivity contribution in [2.75, 3.05) is 0 Å². The van der Waals surface area contributed by atoms with Gasteiger partial charge in [-0.25, -0.2) is 9.97 Å². The Morgan fingerprint density at radius 3 is 1.06 bits per heavy atom. The summed E-state index contributed by atoms with van der Waals surface area (Å²) in [6.07, 6.45) is 8.41. The first-order valence-corrected chi connectivity index (χ1v) is 16.3. The Morgan fingerprint density at radius 1 is 0.327 bits per heavy atom. The van der Waals surface area contributed by atoms with Gasteiger partial charge in [-0.3, -0.25) is 0 Å². The van der Waals surface area contributed by atoms with E-state index in [4.69, 9.17) is 9.97 Å². The smallest absolute Gasteiger partial charge is 0.115 e. The molecule has 3 N–H and O–H groups in total. The van der Waals surface area contributed by atoms with Gasteiger partial charge in [-0.15, -0.1) is 0 Å². The highest BCUT2D eigenvalue weighted by atomic mass is 16.3. The van der Waals surface area contributed by atoms with Crippen LogP contribution in [-0.2, 0) is 0 Å². The second-order valence-electron chi connectivity index (χ2n) is 12.1. The van der Waals surface area contributed by atoms with Gasteiger partial charge in [0.25, 0.3) is 0 Å². The van der Waals surface area contributed by atoms with Crippen LogP contribution in [0.1, 0.15) is 22.8 Å². The number of hydrogen-bond acceptors (Lipinski definition) is 3. The van der Waals surface area contributed by atoms with E-state index in [0.717, 1.165) is 89.4 Å². The molecule has 5 heteroatoms. The molecule has 0 spiro atoms. The maximum Gasteiger partial charge on any atom is 0.115 e. The number of rotatable bonds is 4. The zero-order valence-electron chi connectivity index (χ0n) is 26.4. The second-order valence-corrected chi connectivity index (χ2v) is 12.1. The summed E-state index contributed by atoms with van der Waals surface area (Å²) in [5.41, 5.74) is 15.3. The monoisotopic (exact) mass is 630 g/mol. The molecule has 0 saturated heterocycles. The van der Waals surface area contributed by atoms with Crippen LogP contribution in [0.2, 0.25) is 0 Å². The first-order valence-electron chi connectivity index (χ1n) is 16.3. The van der Waals surface area contributed by atoms with Crippen molar-refractivity contribution in [3.63, 3.8) is 0 Å². The zero-order chi connectivity index (χ0) is 32.7. The SMILES string of the molecule is Oc1ccc(-c2c3ccc([nH]3)c(-c3ccccc3)c3nc(c(-c4ccccc4)c4nc(c(-c5ccccc5)c5ccc2[nH]5)C=C4)C=C3)cc1. The van der Waals surface area contributed by atoms with Gasteiger partial charge in [-0.1, -0.05) is 103 Å². The van der Waals surface area contributed by atoms with E-state index in [-0.39, 0.29) is 5.75 Å². The highest BCUT2D eigenvalue weighted by Gasteiger charge is 2.19. The van der Waals surface area contributed by atoms with Crippen molar-refractivity contribution in [2.24, 2.45) is 0 Å². The minimum Gasteiger partial charge on any atom is -0.508 e. The molecule has 5 nitrogen and oxygen atoms in total. The van der Waals surface area contributed by atoms with Crippen molar-refractivity contribution < 1.29 is 5.11 Å². The van der Waals surface area contributed by atoms with Crippen LogP contribution in [0, 0.1) is 0 Å². The van der Waals surface area contributed by atoms with Crippen LogP contribution < -0.4 is 0 Å². The number of benzene rings is 4. The van der Waals surface area contributed by atoms with Crippen molar-refractivity contribution in [3.8, 4) is 50.3 Å². The lowest BCUT2D eigenvalue weighted by Crippen LogP contribution is -1.91. The molecule has 0 radical (unpaired) electrons. The third-order valence-corrected chi connectivity index (χ3v) is 9.10. The van der Waals surface area contributed by atoms with Gasteiger partial charge in [-0.2, -0.15) is 0 Å². The average molecular weight is 631 g/mol. The maximum absolute atomic E-state index is 10.2. The molecule has 8 bridgehead atoms. The fraction of sp³-hybridized carbons (Fsp3) is 0. The number of phenolic OH excluding ortho intramolecular Hbond substituents is 1. The maximum atomic E-state index is 10.2. The summed E-state index contributed by atoms with van der Waals surface area (Å²) in [7, 11) is 0. The van der Waals surface area contributed by atoms with Crippen LogP contribution in [0.5, 0.6) is 5.75 Å². The Labute approximate surface area is 283 Å². The summed E-state index contributed by atoms with van der Waals surface area (Å²) in [4.78, 5) is 18.2. The quantitative estimate of drug-likeness (QED) is 0.181. The lowest BCUT2D eigenvalue weighted by atomic mass is 10.0. The highest BCUT2D eigenvalue weighted by Crippen LogP contribution is 2.38. The van der Waals surface area contributed by atoms with E-state index in [1.54, 1.807) is 12.1 Å². The largest absolute Gasteiger partial charge is 0.508 e. The van der Waals surface area contributed by atoms with Crippen LogP contribution in [0.15, 0.2) is 140 Å². The molecule has 49 heavy (non-hydrogen) atoms. The van der Waals surface area contributed by atoms with Crippen molar-refractivity contribution in [3.05, 3.63) is 162 Å². The van der Waals surface area contributed by atoms with Crippen LogP contribution in [0.25, 0.3) is 90.9 Å². The molecule has 0 fully saturated rings. The van der Waals surface area contributed by atoms with E-state index in [1.165, 1.54) is 0 Å². The zero-order valence-corrected chi connectivity index (χ0v) is 26.4. The number of nitrogens with one attached hydrogen (secondary N) is 2. The van der Waals surface area contributed by atoms with Crippen molar-refractivity contribution >= 4 is 46.4 Å². The predicted octanol–water partition coefficient (Wildman–Crippen LogP) is 11.0. The Morgan fingerprint density at radius 2 is 0.653 bits per heavy atom. The van der Waals surface area contributed by atoms with Gasteiger partial charge in [0.1, 0.15) is 5.75 Å². The molecule has 9 rings (SSSR count). The molecule has 5 heterocycles. The van der Waals surface area contributed by atoms with Crippen LogP contribution in [0.3, 0.4) is 0 Å². The van der Waals surface area contributed by atoms with E-state index in [9.17, 15) is 5.11 Å². The van der Waals surface area contributed by atoms with Gasteiger partial charge in [0.15, 0.2) is 0 Å². The summed E-state index contributed by atoms with van der Waals surface area (Å²) < 4.78 is 0. The molecule has 0 unspecified atom stereocenters. The van der Waals surface area contributed by atoms with Crippen molar-refractivity contribution in [1.29, 1.82) is 0 Å². The topological polar surface area (TPSA) is 77.6 Å². The van der Waals surface area contributed by atoms with Gasteiger partial charge in [0.05, 0.1) is 22.8 Å². The van der Waals surface area contributed by atoms with Gasteiger partial charge in [-0.05, 0) is 83.0 Å². The normalized spacial score (nSPS) is 12.0. The van der Waals surface area contributed by atoms with E-state index in [0.29, 0.717) is 0 Å². The number of aromatic amines is 2. The summed E-state index contributed by atoms with van der Waals surface area (Å²) in [6.45, 7) is 0. The van der Waals surface area contributed by atoms with Gasteiger partial charge < -0.3 is 15.1 Å². The second kappa shape index (κ2) is 11.8. The number of nitrogens with zero attached hydrogens (tertiary/aromatic N) is 2. The van der Waals surface area contributed by atoms with Crippen LogP contribution in [0.4, 0.5) is 0 Å². The first-order chi connectivity index (χ1) is 24.2. The first kappa shape index (κ1) is 28.5. The van der Waals surface area contributed by atoms with E-state index in [1.807, 2.05) is 30.3 Å². The number of H-pyrrole nitrogens is 2. The number of hydrogen-bond donors (Lipinski definition) is 3. The summed E-state index contributed by atoms with van der Waals surface area (Å²) in [5, 5.41) is 10.2. The fourth-order valence-corrected chi connectivity index (χ4v) is 6.86. The third-order valence-electron chi connectivity index (χ3n) is 9.10. The van der Waals surface area contributed by atoms with Crippen LogP contribution in [-0.4, -0.2) is 25.0 Å². The van der Waals surface area contributed by atoms with Gasteiger partial charge in [0, 0.05) is 44.3 Å². The van der Waals surface area contributed by atoms with Crippen LogP contribution >= 0.6 is 0 Å². The summed E-state index contributed by atoms with van der Waals surface area (Å²) >= 11 is 0. The Kier molecular flexibility index (Phi) is 6.87. The summed E-state index contributed by atoms with van der Waals surface area (Å²) in [6, 6.07) is 47.0. The number of aromatic hydroxyl groups is 1. The molecule has 0 amide bonds. The molecular weight excluding hydrogens is 601 g/mol. The lowest BCUT2D eigenvalue weighted by molar-refractivity contribution is 0.475. The molecule has 0 saturated carbocycles. The molecule has 232 valence electrons. The molecule has 0 aliphatic carbocycles. The Balaban J connectivity index is 1.48. The molecule has 3 aromatic heterocycles. The third kappa shape index (κ3) is 5.14. The lowest BCUT2D eigenvalue weighted by Gasteiger charge is -2.07. The van der Waals surface area contributed by atoms with Gasteiger partial charge >= 0.3 is 0 Å².